The number of rotatable bonds is 6. The SMILES string of the molecule is O=C(CSc1nnc(-c2ccco2)n1-c1ccccc1)Nc1c(F)cccc1F. The highest BCUT2D eigenvalue weighted by atomic mass is 32.2. The Balaban J connectivity index is 1.57. The van der Waals surface area contributed by atoms with Crippen LogP contribution >= 0.6 is 11.8 Å². The van der Waals surface area contributed by atoms with E-state index in [2.05, 4.69) is 15.5 Å². The lowest BCUT2D eigenvalue weighted by Crippen LogP contribution is -2.16. The fourth-order valence-electron chi connectivity index (χ4n) is 2.66. The van der Waals surface area contributed by atoms with E-state index < -0.39 is 23.2 Å². The molecule has 0 aliphatic carbocycles. The third-order valence-electron chi connectivity index (χ3n) is 3.95. The Kier molecular flexibility index (Phi) is 5.39. The Morgan fingerprint density at radius 1 is 1.00 bits per heavy atom. The summed E-state index contributed by atoms with van der Waals surface area (Å²) in [5, 5.41) is 11.0. The zero-order valence-electron chi connectivity index (χ0n) is 14.9. The molecular formula is C20H14F2N4O2S. The number of carbonyl (C=O) groups is 1. The quantitative estimate of drug-likeness (QED) is 0.471. The summed E-state index contributed by atoms with van der Waals surface area (Å²) in [6, 6.07) is 16.2. The Bertz CT molecular complexity index is 1110. The number of benzene rings is 2. The minimum atomic E-state index is -0.837. The van der Waals surface area contributed by atoms with E-state index in [0.717, 1.165) is 29.6 Å². The summed E-state index contributed by atoms with van der Waals surface area (Å²) in [7, 11) is 0. The smallest absolute Gasteiger partial charge is 0.235 e. The van der Waals surface area contributed by atoms with Gasteiger partial charge < -0.3 is 9.73 Å². The van der Waals surface area contributed by atoms with Gasteiger partial charge in [-0.3, -0.25) is 9.36 Å². The molecule has 6 nitrogen and oxygen atoms in total. The van der Waals surface area contributed by atoms with Crippen molar-refractivity contribution in [1.82, 2.24) is 14.8 Å². The van der Waals surface area contributed by atoms with Gasteiger partial charge in [0.2, 0.25) is 11.7 Å². The van der Waals surface area contributed by atoms with E-state index in [1.807, 2.05) is 30.3 Å². The van der Waals surface area contributed by atoms with Crippen molar-refractivity contribution in [1.29, 1.82) is 0 Å². The molecule has 2 aromatic heterocycles. The molecule has 2 aromatic carbocycles. The second-order valence-electron chi connectivity index (χ2n) is 5.89. The van der Waals surface area contributed by atoms with Gasteiger partial charge in [0.05, 0.1) is 12.0 Å². The molecule has 0 fully saturated rings. The molecule has 1 N–H and O–H groups in total. The molecule has 9 heteroatoms. The predicted molar refractivity (Wildman–Crippen MR) is 105 cm³/mol. The molecule has 0 bridgehead atoms. The first-order valence-corrected chi connectivity index (χ1v) is 9.53. The molecule has 2 heterocycles. The van der Waals surface area contributed by atoms with Gasteiger partial charge in [-0.2, -0.15) is 0 Å². The number of carbonyl (C=O) groups excluding carboxylic acids is 1. The molecule has 1 amide bonds. The maximum absolute atomic E-state index is 13.7. The van der Waals surface area contributed by atoms with Crippen molar-refractivity contribution in [3.63, 3.8) is 0 Å². The number of para-hydroxylation sites is 2. The summed E-state index contributed by atoms with van der Waals surface area (Å²) in [5.74, 6) is -1.36. The molecule has 0 spiro atoms. The molecule has 146 valence electrons. The minimum absolute atomic E-state index is 0.114. The van der Waals surface area contributed by atoms with Gasteiger partial charge in [0, 0.05) is 5.69 Å². The molecular weight excluding hydrogens is 398 g/mol. The fourth-order valence-corrected chi connectivity index (χ4v) is 3.41. The van der Waals surface area contributed by atoms with Gasteiger partial charge >= 0.3 is 0 Å². The first kappa shape index (κ1) is 18.9. The highest BCUT2D eigenvalue weighted by Gasteiger charge is 2.19. The molecule has 0 saturated heterocycles. The van der Waals surface area contributed by atoms with Crippen molar-refractivity contribution in [3.05, 3.63) is 78.6 Å². The van der Waals surface area contributed by atoms with Crippen LogP contribution in [-0.2, 0) is 4.79 Å². The van der Waals surface area contributed by atoms with Gasteiger partial charge in [0.15, 0.2) is 10.9 Å². The van der Waals surface area contributed by atoms with Crippen LogP contribution in [0.1, 0.15) is 0 Å². The number of thioether (sulfide) groups is 1. The van der Waals surface area contributed by atoms with E-state index in [1.165, 1.54) is 12.3 Å². The molecule has 0 aliphatic rings. The number of halogens is 2. The van der Waals surface area contributed by atoms with E-state index >= 15 is 0 Å². The third-order valence-corrected chi connectivity index (χ3v) is 4.88. The van der Waals surface area contributed by atoms with Gasteiger partial charge in [0.1, 0.15) is 17.3 Å². The van der Waals surface area contributed by atoms with Gasteiger partial charge in [-0.25, -0.2) is 8.78 Å². The second-order valence-corrected chi connectivity index (χ2v) is 6.83. The molecule has 29 heavy (non-hydrogen) atoms. The largest absolute Gasteiger partial charge is 0.461 e. The maximum Gasteiger partial charge on any atom is 0.235 e. The van der Waals surface area contributed by atoms with Crippen molar-refractivity contribution >= 4 is 23.4 Å². The van der Waals surface area contributed by atoms with Crippen LogP contribution in [0.2, 0.25) is 0 Å². The normalized spacial score (nSPS) is 10.8. The molecule has 4 rings (SSSR count). The second kappa shape index (κ2) is 8.27. The van der Waals surface area contributed by atoms with Crippen LogP contribution in [0.3, 0.4) is 0 Å². The average molecular weight is 412 g/mol. The highest BCUT2D eigenvalue weighted by Crippen LogP contribution is 2.28. The fraction of sp³-hybridized carbons (Fsp3) is 0.0500. The number of nitrogens with zero attached hydrogens (tertiary/aromatic N) is 3. The van der Waals surface area contributed by atoms with Crippen LogP contribution < -0.4 is 5.32 Å². The summed E-state index contributed by atoms with van der Waals surface area (Å²) in [6.45, 7) is 0. The van der Waals surface area contributed by atoms with E-state index in [4.69, 9.17) is 4.42 Å². The summed E-state index contributed by atoms with van der Waals surface area (Å²) in [4.78, 5) is 12.2. The summed E-state index contributed by atoms with van der Waals surface area (Å²) < 4.78 is 34.6. The number of furan rings is 1. The van der Waals surface area contributed by atoms with E-state index in [1.54, 1.807) is 16.7 Å². The number of nitrogens with one attached hydrogen (secondary N) is 1. The van der Waals surface area contributed by atoms with Crippen LogP contribution in [-0.4, -0.2) is 26.4 Å². The predicted octanol–water partition coefficient (Wildman–Crippen LogP) is 4.54. The topological polar surface area (TPSA) is 73.0 Å². The number of hydrogen-bond acceptors (Lipinski definition) is 5. The van der Waals surface area contributed by atoms with Crippen molar-refractivity contribution < 1.29 is 18.0 Å². The Morgan fingerprint density at radius 2 is 1.76 bits per heavy atom. The molecule has 0 radical (unpaired) electrons. The number of amides is 1. The number of anilines is 1. The van der Waals surface area contributed by atoms with Crippen LogP contribution in [0.4, 0.5) is 14.5 Å². The summed E-state index contributed by atoms with van der Waals surface area (Å²) in [6.07, 6.45) is 1.53. The lowest BCUT2D eigenvalue weighted by molar-refractivity contribution is -0.113. The molecule has 0 atom stereocenters. The lowest BCUT2D eigenvalue weighted by Gasteiger charge is -2.10. The van der Waals surface area contributed by atoms with Crippen LogP contribution in [0.5, 0.6) is 0 Å². The Labute approximate surface area is 168 Å². The Hall–Kier alpha value is -3.46. The number of aromatic nitrogens is 3. The van der Waals surface area contributed by atoms with E-state index in [0.29, 0.717) is 16.7 Å². The summed E-state index contributed by atoms with van der Waals surface area (Å²) in [5.41, 5.74) is 0.311. The maximum atomic E-state index is 13.7. The van der Waals surface area contributed by atoms with E-state index in [-0.39, 0.29) is 5.75 Å². The monoisotopic (exact) mass is 412 g/mol. The Morgan fingerprint density at radius 3 is 2.45 bits per heavy atom. The molecule has 0 saturated carbocycles. The molecule has 0 unspecified atom stereocenters. The van der Waals surface area contributed by atoms with Crippen LogP contribution in [0, 0.1) is 11.6 Å². The van der Waals surface area contributed by atoms with Gasteiger partial charge in [-0.1, -0.05) is 36.0 Å². The molecule has 4 aromatic rings. The third kappa shape index (κ3) is 4.04. The van der Waals surface area contributed by atoms with Crippen molar-refractivity contribution in [2.75, 3.05) is 11.1 Å². The average Bonchev–Trinajstić information content (AvgIpc) is 3.39. The molecule has 0 aliphatic heterocycles. The first-order chi connectivity index (χ1) is 14.1. The van der Waals surface area contributed by atoms with Crippen molar-refractivity contribution in [2.45, 2.75) is 5.16 Å². The first-order valence-electron chi connectivity index (χ1n) is 8.55. The zero-order chi connectivity index (χ0) is 20.2. The van der Waals surface area contributed by atoms with Gasteiger partial charge in [0.25, 0.3) is 0 Å². The summed E-state index contributed by atoms with van der Waals surface area (Å²) >= 11 is 1.09. The zero-order valence-corrected chi connectivity index (χ0v) is 15.7. The lowest BCUT2D eigenvalue weighted by atomic mass is 10.3. The van der Waals surface area contributed by atoms with Crippen LogP contribution in [0.25, 0.3) is 17.3 Å². The minimum Gasteiger partial charge on any atom is -0.461 e. The van der Waals surface area contributed by atoms with Gasteiger partial charge in [-0.05, 0) is 36.4 Å². The van der Waals surface area contributed by atoms with Crippen molar-refractivity contribution in [3.8, 4) is 17.3 Å². The van der Waals surface area contributed by atoms with E-state index in [9.17, 15) is 13.6 Å². The van der Waals surface area contributed by atoms with Crippen LogP contribution in [0.15, 0.2) is 76.5 Å². The van der Waals surface area contributed by atoms with Gasteiger partial charge in [-0.15, -0.1) is 10.2 Å². The van der Waals surface area contributed by atoms with Crippen molar-refractivity contribution in [2.24, 2.45) is 0 Å². The highest BCUT2D eigenvalue weighted by molar-refractivity contribution is 7.99. The number of hydrogen-bond donors (Lipinski definition) is 1. The standard InChI is InChI=1S/C20H14F2N4O2S/c21-14-8-4-9-15(22)18(14)23-17(27)12-29-20-25-24-19(16-10-5-11-28-16)26(20)13-6-2-1-3-7-13/h1-11H,12H2,(H,23,27).